The van der Waals surface area contributed by atoms with E-state index in [1.165, 1.54) is 18.2 Å². The molecule has 0 saturated heterocycles. The Kier molecular flexibility index (Phi) is 5.16. The first kappa shape index (κ1) is 19.5. The minimum absolute atomic E-state index is 0.156. The molecule has 4 aromatic rings. The van der Waals surface area contributed by atoms with E-state index in [4.69, 9.17) is 16.6 Å². The molecular formula is C23H16ClN3O3. The van der Waals surface area contributed by atoms with Gasteiger partial charge in [0.2, 0.25) is 0 Å². The fourth-order valence-electron chi connectivity index (χ4n) is 3.38. The van der Waals surface area contributed by atoms with Crippen molar-refractivity contribution in [3.8, 4) is 11.3 Å². The van der Waals surface area contributed by atoms with E-state index in [0.717, 1.165) is 5.56 Å². The number of non-ortho nitro benzene ring substituents is 1. The lowest BCUT2D eigenvalue weighted by molar-refractivity contribution is -0.384. The molecule has 1 aromatic heterocycles. The second-order valence-electron chi connectivity index (χ2n) is 6.72. The standard InChI is InChI=1S/C23H16ClN3O3/c1-14-21(23(28)26-20-13-16(27(29)30)11-12-18(20)24)17-9-5-6-10-19(17)25-22(14)15-7-3-2-4-8-15/h2-13H,1H3,(H,26,28). The predicted octanol–water partition coefficient (Wildman–Crippen LogP) is 6.02. The molecule has 0 spiro atoms. The second-order valence-corrected chi connectivity index (χ2v) is 7.13. The number of hydrogen-bond acceptors (Lipinski definition) is 4. The molecule has 148 valence electrons. The summed E-state index contributed by atoms with van der Waals surface area (Å²) in [5.74, 6) is -0.411. The highest BCUT2D eigenvalue weighted by molar-refractivity contribution is 6.34. The van der Waals surface area contributed by atoms with Gasteiger partial charge < -0.3 is 5.32 Å². The van der Waals surface area contributed by atoms with E-state index in [-0.39, 0.29) is 16.4 Å². The number of amides is 1. The van der Waals surface area contributed by atoms with Crippen LogP contribution in [-0.2, 0) is 0 Å². The van der Waals surface area contributed by atoms with Gasteiger partial charge in [-0.25, -0.2) is 4.98 Å². The fourth-order valence-corrected chi connectivity index (χ4v) is 3.55. The fraction of sp³-hybridized carbons (Fsp3) is 0.0435. The first-order valence-corrected chi connectivity index (χ1v) is 9.53. The lowest BCUT2D eigenvalue weighted by Crippen LogP contribution is -2.15. The molecule has 0 atom stereocenters. The van der Waals surface area contributed by atoms with Gasteiger partial charge in [0.15, 0.2) is 0 Å². The van der Waals surface area contributed by atoms with E-state index in [0.29, 0.717) is 27.7 Å². The minimum atomic E-state index is -0.535. The first-order chi connectivity index (χ1) is 14.5. The number of nitrogens with one attached hydrogen (secondary N) is 1. The number of hydrogen-bond donors (Lipinski definition) is 1. The molecule has 0 aliphatic rings. The number of nitro groups is 1. The van der Waals surface area contributed by atoms with Crippen molar-refractivity contribution >= 4 is 39.8 Å². The Morgan fingerprint density at radius 2 is 1.73 bits per heavy atom. The second kappa shape index (κ2) is 7.93. The first-order valence-electron chi connectivity index (χ1n) is 9.16. The van der Waals surface area contributed by atoms with Crippen molar-refractivity contribution in [2.45, 2.75) is 6.92 Å². The van der Waals surface area contributed by atoms with Gasteiger partial charge in [0, 0.05) is 23.1 Å². The van der Waals surface area contributed by atoms with Crippen molar-refractivity contribution in [3.63, 3.8) is 0 Å². The number of nitrogens with zero attached hydrogens (tertiary/aromatic N) is 2. The predicted molar refractivity (Wildman–Crippen MR) is 118 cm³/mol. The molecular weight excluding hydrogens is 402 g/mol. The van der Waals surface area contributed by atoms with Crippen molar-refractivity contribution in [1.82, 2.24) is 4.98 Å². The highest BCUT2D eigenvalue weighted by Gasteiger charge is 2.20. The van der Waals surface area contributed by atoms with E-state index in [1.54, 1.807) is 0 Å². The number of carbonyl (C=O) groups excluding carboxylic acids is 1. The molecule has 1 N–H and O–H groups in total. The summed E-state index contributed by atoms with van der Waals surface area (Å²) in [4.78, 5) is 28.6. The molecule has 0 bridgehead atoms. The molecule has 0 radical (unpaired) electrons. The normalized spacial score (nSPS) is 10.7. The van der Waals surface area contributed by atoms with Crippen LogP contribution in [0.25, 0.3) is 22.2 Å². The zero-order valence-electron chi connectivity index (χ0n) is 15.9. The number of halogens is 1. The number of anilines is 1. The third kappa shape index (κ3) is 3.60. The Morgan fingerprint density at radius 1 is 1.03 bits per heavy atom. The number of nitro benzene ring substituents is 1. The average Bonchev–Trinajstić information content (AvgIpc) is 2.75. The molecule has 1 amide bonds. The number of rotatable bonds is 4. The van der Waals surface area contributed by atoms with E-state index in [9.17, 15) is 14.9 Å². The van der Waals surface area contributed by atoms with Crippen LogP contribution in [0.1, 0.15) is 15.9 Å². The van der Waals surface area contributed by atoms with E-state index < -0.39 is 10.8 Å². The maximum atomic E-state index is 13.3. The summed E-state index contributed by atoms with van der Waals surface area (Å²) in [6.07, 6.45) is 0. The highest BCUT2D eigenvalue weighted by atomic mass is 35.5. The van der Waals surface area contributed by atoms with Gasteiger partial charge >= 0.3 is 0 Å². The molecule has 0 fully saturated rings. The number of para-hydroxylation sites is 1. The van der Waals surface area contributed by atoms with Gasteiger partial charge in [0.05, 0.1) is 32.4 Å². The molecule has 30 heavy (non-hydrogen) atoms. The topological polar surface area (TPSA) is 85.1 Å². The summed E-state index contributed by atoms with van der Waals surface area (Å²) < 4.78 is 0. The number of pyridine rings is 1. The molecule has 6 nitrogen and oxygen atoms in total. The SMILES string of the molecule is Cc1c(-c2ccccc2)nc2ccccc2c1C(=O)Nc1cc([N+](=O)[O-])ccc1Cl. The Morgan fingerprint density at radius 3 is 2.47 bits per heavy atom. The summed E-state index contributed by atoms with van der Waals surface area (Å²) in [6.45, 7) is 1.84. The average molecular weight is 418 g/mol. The molecule has 0 aliphatic heterocycles. The van der Waals surface area contributed by atoms with Crippen molar-refractivity contribution in [3.05, 3.63) is 99.1 Å². The van der Waals surface area contributed by atoms with Crippen molar-refractivity contribution in [2.24, 2.45) is 0 Å². The van der Waals surface area contributed by atoms with Crippen molar-refractivity contribution in [1.29, 1.82) is 0 Å². The molecule has 1 heterocycles. The van der Waals surface area contributed by atoms with Gasteiger partial charge in [-0.2, -0.15) is 0 Å². The third-order valence-corrected chi connectivity index (χ3v) is 5.15. The third-order valence-electron chi connectivity index (χ3n) is 4.82. The number of carbonyl (C=O) groups is 1. The zero-order chi connectivity index (χ0) is 21.3. The van der Waals surface area contributed by atoms with Crippen LogP contribution in [0.4, 0.5) is 11.4 Å². The molecule has 3 aromatic carbocycles. The molecule has 0 unspecified atom stereocenters. The quantitative estimate of drug-likeness (QED) is 0.324. The van der Waals surface area contributed by atoms with Crippen LogP contribution in [0.2, 0.25) is 5.02 Å². The van der Waals surface area contributed by atoms with Crippen LogP contribution >= 0.6 is 11.6 Å². The maximum absolute atomic E-state index is 13.3. The maximum Gasteiger partial charge on any atom is 0.271 e. The Hall–Kier alpha value is -3.77. The van der Waals surface area contributed by atoms with Crippen LogP contribution in [0.3, 0.4) is 0 Å². The number of fused-ring (bicyclic) bond motifs is 1. The Balaban J connectivity index is 1.86. The number of benzene rings is 3. The van der Waals surface area contributed by atoms with Gasteiger partial charge in [-0.1, -0.05) is 60.1 Å². The molecule has 0 saturated carbocycles. The molecule has 0 aliphatic carbocycles. The highest BCUT2D eigenvalue weighted by Crippen LogP contribution is 2.32. The van der Waals surface area contributed by atoms with Crippen LogP contribution in [0, 0.1) is 17.0 Å². The van der Waals surface area contributed by atoms with E-state index >= 15 is 0 Å². The Labute approximate surface area is 177 Å². The summed E-state index contributed by atoms with van der Waals surface area (Å²) >= 11 is 6.17. The lowest BCUT2D eigenvalue weighted by atomic mass is 9.97. The van der Waals surface area contributed by atoms with Gasteiger partial charge in [-0.3, -0.25) is 14.9 Å². The van der Waals surface area contributed by atoms with Gasteiger partial charge in [0.25, 0.3) is 11.6 Å². The molecule has 7 heteroatoms. The van der Waals surface area contributed by atoms with Gasteiger partial charge in [-0.05, 0) is 24.6 Å². The summed E-state index contributed by atoms with van der Waals surface area (Å²) in [5, 5.41) is 14.7. The summed E-state index contributed by atoms with van der Waals surface area (Å²) in [6, 6.07) is 20.9. The van der Waals surface area contributed by atoms with Crippen molar-refractivity contribution in [2.75, 3.05) is 5.32 Å². The largest absolute Gasteiger partial charge is 0.320 e. The Bertz CT molecular complexity index is 1290. The van der Waals surface area contributed by atoms with Crippen LogP contribution in [0.5, 0.6) is 0 Å². The van der Waals surface area contributed by atoms with Gasteiger partial charge in [-0.15, -0.1) is 0 Å². The summed E-state index contributed by atoms with van der Waals surface area (Å²) in [7, 11) is 0. The monoisotopic (exact) mass is 417 g/mol. The van der Waals surface area contributed by atoms with Gasteiger partial charge in [0.1, 0.15) is 0 Å². The smallest absolute Gasteiger partial charge is 0.271 e. The van der Waals surface area contributed by atoms with E-state index in [1.807, 2.05) is 61.5 Å². The van der Waals surface area contributed by atoms with Crippen LogP contribution < -0.4 is 5.32 Å². The summed E-state index contributed by atoms with van der Waals surface area (Å²) in [5.41, 5.74) is 3.44. The number of aromatic nitrogens is 1. The van der Waals surface area contributed by atoms with Crippen molar-refractivity contribution < 1.29 is 9.72 Å². The van der Waals surface area contributed by atoms with Crippen LogP contribution in [-0.4, -0.2) is 15.8 Å². The molecule has 4 rings (SSSR count). The van der Waals surface area contributed by atoms with Crippen LogP contribution in [0.15, 0.2) is 72.8 Å². The zero-order valence-corrected chi connectivity index (χ0v) is 16.7. The lowest BCUT2D eigenvalue weighted by Gasteiger charge is -2.15. The minimum Gasteiger partial charge on any atom is -0.320 e. The van der Waals surface area contributed by atoms with E-state index in [2.05, 4.69) is 5.32 Å².